The molecule has 5 nitrogen and oxygen atoms in total. The molecule has 0 heterocycles. The molecule has 0 aliphatic carbocycles. The van der Waals surface area contributed by atoms with E-state index in [0.29, 0.717) is 0 Å². The van der Waals surface area contributed by atoms with Crippen molar-refractivity contribution in [3.8, 4) is 0 Å². The van der Waals surface area contributed by atoms with Gasteiger partial charge in [-0.15, -0.1) is 0 Å². The normalized spacial score (nSPS) is 11.3. The summed E-state index contributed by atoms with van der Waals surface area (Å²) in [4.78, 5) is 0. The van der Waals surface area contributed by atoms with Crippen LogP contribution in [0, 0.1) is 5.92 Å². The van der Waals surface area contributed by atoms with Crippen molar-refractivity contribution in [3.63, 3.8) is 0 Å². The third kappa shape index (κ3) is 7.93. The van der Waals surface area contributed by atoms with E-state index < -0.39 is 10.4 Å². The van der Waals surface area contributed by atoms with Crippen molar-refractivity contribution in [1.82, 2.24) is 6.15 Å². The van der Waals surface area contributed by atoms with Gasteiger partial charge in [-0.25, -0.2) is 8.37 Å². The van der Waals surface area contributed by atoms with Gasteiger partial charge in [-0.3, -0.25) is 0 Å². The molecule has 0 amide bonds. The molecule has 0 aromatic carbocycles. The molecule has 76 valence electrons. The van der Waals surface area contributed by atoms with E-state index in [9.17, 15) is 8.42 Å². The molecule has 0 atom stereocenters. The predicted molar refractivity (Wildman–Crippen MR) is 46.4 cm³/mol. The Morgan fingerprint density at radius 2 is 1.75 bits per heavy atom. The summed E-state index contributed by atoms with van der Waals surface area (Å²) in [6, 6.07) is 0. The number of rotatable bonds is 5. The van der Waals surface area contributed by atoms with Crippen molar-refractivity contribution in [3.05, 3.63) is 0 Å². The van der Waals surface area contributed by atoms with E-state index in [4.69, 9.17) is 0 Å². The molecular weight excluding hydrogens is 182 g/mol. The van der Waals surface area contributed by atoms with Gasteiger partial charge >= 0.3 is 10.4 Å². The van der Waals surface area contributed by atoms with Crippen molar-refractivity contribution in [2.24, 2.45) is 5.92 Å². The largest absolute Gasteiger partial charge is 0.399 e. The first-order chi connectivity index (χ1) is 4.98. The summed E-state index contributed by atoms with van der Waals surface area (Å²) >= 11 is 0. The minimum Gasteiger partial charge on any atom is -0.344 e. The van der Waals surface area contributed by atoms with Gasteiger partial charge in [-0.1, -0.05) is 13.8 Å². The SMILES string of the molecule is CCOS(=O)(=O)OCC(C)C.N. The fraction of sp³-hybridized carbons (Fsp3) is 1.00. The first-order valence-electron chi connectivity index (χ1n) is 3.51. The van der Waals surface area contributed by atoms with Gasteiger partial charge in [0.05, 0.1) is 13.2 Å². The summed E-state index contributed by atoms with van der Waals surface area (Å²) in [7, 11) is -3.73. The maximum atomic E-state index is 10.7. The van der Waals surface area contributed by atoms with Crippen LogP contribution in [0.5, 0.6) is 0 Å². The highest BCUT2D eigenvalue weighted by Gasteiger charge is 2.10. The predicted octanol–water partition coefficient (Wildman–Crippen LogP) is 1.10. The molecule has 6 heteroatoms. The maximum absolute atomic E-state index is 10.7. The third-order valence-corrected chi connectivity index (χ3v) is 1.76. The molecule has 0 saturated heterocycles. The average Bonchev–Trinajstić information content (AvgIpc) is 1.84. The second kappa shape index (κ2) is 6.36. The minimum atomic E-state index is -3.73. The van der Waals surface area contributed by atoms with E-state index in [-0.39, 0.29) is 25.3 Å². The number of hydrogen-bond acceptors (Lipinski definition) is 5. The topological polar surface area (TPSA) is 87.6 Å². The van der Waals surface area contributed by atoms with Crippen LogP contribution in [0.25, 0.3) is 0 Å². The molecule has 12 heavy (non-hydrogen) atoms. The summed E-state index contributed by atoms with van der Waals surface area (Å²) < 4.78 is 30.2. The van der Waals surface area contributed by atoms with Gasteiger partial charge in [-0.05, 0) is 12.8 Å². The fourth-order valence-corrected chi connectivity index (χ4v) is 1.19. The second-order valence-corrected chi connectivity index (χ2v) is 3.78. The van der Waals surface area contributed by atoms with Crippen LogP contribution in [-0.4, -0.2) is 21.6 Å². The summed E-state index contributed by atoms with van der Waals surface area (Å²) in [5.41, 5.74) is 0. The Bertz CT molecular complexity index is 188. The van der Waals surface area contributed by atoms with Crippen LogP contribution in [0.4, 0.5) is 0 Å². The molecule has 0 aromatic rings. The van der Waals surface area contributed by atoms with Crippen molar-refractivity contribution in [1.29, 1.82) is 0 Å². The van der Waals surface area contributed by atoms with E-state index >= 15 is 0 Å². The van der Waals surface area contributed by atoms with E-state index in [1.165, 1.54) is 0 Å². The van der Waals surface area contributed by atoms with Crippen molar-refractivity contribution < 1.29 is 16.8 Å². The lowest BCUT2D eigenvalue weighted by atomic mass is 10.2. The Labute approximate surface area is 74.0 Å². The van der Waals surface area contributed by atoms with Gasteiger partial charge in [0.2, 0.25) is 0 Å². The van der Waals surface area contributed by atoms with E-state index in [1.54, 1.807) is 6.92 Å². The Balaban J connectivity index is 0. The van der Waals surface area contributed by atoms with Crippen LogP contribution in [0.2, 0.25) is 0 Å². The van der Waals surface area contributed by atoms with Crippen LogP contribution in [-0.2, 0) is 18.8 Å². The van der Waals surface area contributed by atoms with Crippen molar-refractivity contribution in [2.45, 2.75) is 20.8 Å². The molecule has 0 aromatic heterocycles. The molecular formula is C6H17NO4S. The van der Waals surface area contributed by atoms with Crippen LogP contribution in [0.15, 0.2) is 0 Å². The Kier molecular flexibility index (Phi) is 7.61. The van der Waals surface area contributed by atoms with Gasteiger partial charge in [0.15, 0.2) is 0 Å². The van der Waals surface area contributed by atoms with Gasteiger partial charge in [0.25, 0.3) is 0 Å². The van der Waals surface area contributed by atoms with Crippen molar-refractivity contribution in [2.75, 3.05) is 13.2 Å². The zero-order valence-corrected chi connectivity index (χ0v) is 8.56. The Hall–Kier alpha value is -0.170. The lowest BCUT2D eigenvalue weighted by Crippen LogP contribution is -2.13. The highest BCUT2D eigenvalue weighted by molar-refractivity contribution is 7.81. The van der Waals surface area contributed by atoms with Crippen molar-refractivity contribution >= 4 is 10.4 Å². The average molecular weight is 199 g/mol. The Morgan fingerprint density at radius 1 is 1.25 bits per heavy atom. The first kappa shape index (κ1) is 14.4. The summed E-state index contributed by atoms with van der Waals surface area (Å²) in [5.74, 6) is 0.185. The molecule has 3 N–H and O–H groups in total. The molecule has 0 saturated carbocycles. The van der Waals surface area contributed by atoms with E-state index in [0.717, 1.165) is 0 Å². The monoisotopic (exact) mass is 199 g/mol. The fourth-order valence-electron chi connectivity index (χ4n) is 0.398. The van der Waals surface area contributed by atoms with Crippen LogP contribution in [0.3, 0.4) is 0 Å². The molecule has 0 fully saturated rings. The van der Waals surface area contributed by atoms with Gasteiger partial charge in [0, 0.05) is 0 Å². The quantitative estimate of drug-likeness (QED) is 0.716. The van der Waals surface area contributed by atoms with Gasteiger partial charge in [-0.2, -0.15) is 8.42 Å². The van der Waals surface area contributed by atoms with E-state index in [1.807, 2.05) is 13.8 Å². The lowest BCUT2D eigenvalue weighted by molar-refractivity contribution is 0.203. The molecule has 0 radical (unpaired) electrons. The van der Waals surface area contributed by atoms with Gasteiger partial charge in [0.1, 0.15) is 0 Å². The highest BCUT2D eigenvalue weighted by atomic mass is 32.3. The minimum absolute atomic E-state index is 0. The highest BCUT2D eigenvalue weighted by Crippen LogP contribution is 2.00. The second-order valence-electron chi connectivity index (χ2n) is 2.49. The zero-order valence-electron chi connectivity index (χ0n) is 7.74. The third-order valence-electron chi connectivity index (χ3n) is 0.808. The van der Waals surface area contributed by atoms with E-state index in [2.05, 4.69) is 8.37 Å². The molecule has 0 rings (SSSR count). The molecule has 0 bridgehead atoms. The number of hydrogen-bond donors (Lipinski definition) is 1. The van der Waals surface area contributed by atoms with Gasteiger partial charge < -0.3 is 6.15 Å². The Morgan fingerprint density at radius 3 is 2.08 bits per heavy atom. The summed E-state index contributed by atoms with van der Waals surface area (Å²) in [6.07, 6.45) is 0. The van der Waals surface area contributed by atoms with Crippen LogP contribution >= 0.6 is 0 Å². The maximum Gasteiger partial charge on any atom is 0.399 e. The summed E-state index contributed by atoms with van der Waals surface area (Å²) in [6.45, 7) is 5.60. The molecule has 0 spiro atoms. The molecule has 0 aliphatic rings. The smallest absolute Gasteiger partial charge is 0.344 e. The van der Waals surface area contributed by atoms with Crippen LogP contribution < -0.4 is 6.15 Å². The molecule has 0 unspecified atom stereocenters. The standard InChI is InChI=1S/C6H14O4S.H3N/c1-4-9-11(7,8)10-5-6(2)3;/h6H,4-5H2,1-3H3;1H3. The molecule has 0 aliphatic heterocycles. The summed E-state index contributed by atoms with van der Waals surface area (Å²) in [5, 5.41) is 0. The zero-order chi connectivity index (χ0) is 8.91. The lowest BCUT2D eigenvalue weighted by Gasteiger charge is -2.05. The van der Waals surface area contributed by atoms with Crippen LogP contribution in [0.1, 0.15) is 20.8 Å². The first-order valence-corrected chi connectivity index (χ1v) is 4.85.